The normalized spacial score (nSPS) is 25.7. The second kappa shape index (κ2) is 5.71. The van der Waals surface area contributed by atoms with Gasteiger partial charge >= 0.3 is 0 Å². The molecule has 0 radical (unpaired) electrons. The number of hydrogen-bond donors (Lipinski definition) is 1. The molecule has 0 bridgehead atoms. The summed E-state index contributed by atoms with van der Waals surface area (Å²) in [7, 11) is 0. The van der Waals surface area contributed by atoms with E-state index in [0.29, 0.717) is 18.4 Å². The van der Waals surface area contributed by atoms with Crippen LogP contribution in [-0.4, -0.2) is 28.3 Å². The van der Waals surface area contributed by atoms with Gasteiger partial charge in [-0.1, -0.05) is 19.9 Å². The smallest absolute Gasteiger partial charge is 0.292 e. The predicted molar refractivity (Wildman–Crippen MR) is 81.0 cm³/mol. The number of nitrogens with two attached hydrogens (primary N) is 1. The van der Waals surface area contributed by atoms with Crippen LogP contribution >= 0.6 is 0 Å². The number of anilines is 1. The van der Waals surface area contributed by atoms with Gasteiger partial charge in [0, 0.05) is 18.7 Å². The van der Waals surface area contributed by atoms with Gasteiger partial charge in [0.2, 0.25) is 0 Å². The predicted octanol–water partition coefficient (Wildman–Crippen LogP) is 2.68. The molecule has 1 aliphatic rings. The fraction of sp³-hybridized carbons (Fsp3) is 0.533. The van der Waals surface area contributed by atoms with E-state index in [0.717, 1.165) is 6.42 Å². The molecular weight excluding hydrogens is 270 g/mol. The lowest BCUT2D eigenvalue weighted by molar-refractivity contribution is -0.383. The summed E-state index contributed by atoms with van der Waals surface area (Å²) in [5.41, 5.74) is 5.77. The molecule has 1 fully saturated rings. The van der Waals surface area contributed by atoms with Crippen molar-refractivity contribution in [3.8, 4) is 0 Å². The summed E-state index contributed by atoms with van der Waals surface area (Å²) in [6, 6.07) is 4.48. The van der Waals surface area contributed by atoms with Gasteiger partial charge in [0.25, 0.3) is 11.6 Å². The number of nitro benzene ring substituents is 1. The SMILES string of the molecule is CC1CC(C)C(C)N(C(=O)c2cccc([N+](=O)[O-])c2N)C1. The number of carbonyl (C=O) groups excluding carboxylic acids is 1. The van der Waals surface area contributed by atoms with Crippen molar-refractivity contribution >= 4 is 17.3 Å². The molecule has 2 rings (SSSR count). The van der Waals surface area contributed by atoms with E-state index in [-0.39, 0.29) is 28.9 Å². The molecule has 1 amide bonds. The zero-order valence-corrected chi connectivity index (χ0v) is 12.6. The minimum absolute atomic E-state index is 0.0504. The maximum absolute atomic E-state index is 12.7. The van der Waals surface area contributed by atoms with Crippen molar-refractivity contribution < 1.29 is 9.72 Å². The molecule has 0 saturated carbocycles. The lowest BCUT2D eigenvalue weighted by Crippen LogP contribution is -2.49. The molecule has 6 nitrogen and oxygen atoms in total. The second-order valence-electron chi connectivity index (χ2n) is 6.01. The van der Waals surface area contributed by atoms with Crippen LogP contribution in [0.2, 0.25) is 0 Å². The minimum atomic E-state index is -0.559. The number of nitro groups is 1. The van der Waals surface area contributed by atoms with E-state index in [2.05, 4.69) is 13.8 Å². The molecule has 1 aromatic carbocycles. The van der Waals surface area contributed by atoms with E-state index >= 15 is 0 Å². The third kappa shape index (κ3) is 2.84. The van der Waals surface area contributed by atoms with Crippen LogP contribution in [0.5, 0.6) is 0 Å². The first-order valence-corrected chi connectivity index (χ1v) is 7.16. The topological polar surface area (TPSA) is 89.5 Å². The highest BCUT2D eigenvalue weighted by Crippen LogP contribution is 2.31. The first-order chi connectivity index (χ1) is 9.82. The number of rotatable bonds is 2. The molecule has 1 saturated heterocycles. The summed E-state index contributed by atoms with van der Waals surface area (Å²) in [4.78, 5) is 24.9. The van der Waals surface area contributed by atoms with Crippen molar-refractivity contribution in [3.63, 3.8) is 0 Å². The Morgan fingerprint density at radius 1 is 1.38 bits per heavy atom. The number of amides is 1. The van der Waals surface area contributed by atoms with E-state index < -0.39 is 4.92 Å². The molecule has 1 aromatic rings. The average molecular weight is 291 g/mol. The van der Waals surface area contributed by atoms with E-state index in [4.69, 9.17) is 5.73 Å². The zero-order chi connectivity index (χ0) is 15.7. The van der Waals surface area contributed by atoms with Gasteiger partial charge in [0.1, 0.15) is 5.69 Å². The molecule has 1 aliphatic heterocycles. The molecule has 1 heterocycles. The zero-order valence-electron chi connectivity index (χ0n) is 12.6. The van der Waals surface area contributed by atoms with Crippen LogP contribution in [0.4, 0.5) is 11.4 Å². The highest BCUT2D eigenvalue weighted by molar-refractivity contribution is 6.01. The van der Waals surface area contributed by atoms with Gasteiger partial charge in [0.05, 0.1) is 10.5 Å². The van der Waals surface area contributed by atoms with E-state index in [1.165, 1.54) is 12.1 Å². The lowest BCUT2D eigenvalue weighted by atomic mass is 9.85. The molecule has 3 unspecified atom stereocenters. The maximum atomic E-state index is 12.7. The van der Waals surface area contributed by atoms with Crippen molar-refractivity contribution in [3.05, 3.63) is 33.9 Å². The van der Waals surface area contributed by atoms with Crippen molar-refractivity contribution in [2.75, 3.05) is 12.3 Å². The van der Waals surface area contributed by atoms with Gasteiger partial charge < -0.3 is 10.6 Å². The van der Waals surface area contributed by atoms with Crippen molar-refractivity contribution in [1.82, 2.24) is 4.90 Å². The Morgan fingerprint density at radius 2 is 2.05 bits per heavy atom. The van der Waals surface area contributed by atoms with Gasteiger partial charge in [-0.05, 0) is 31.2 Å². The molecule has 2 N–H and O–H groups in total. The van der Waals surface area contributed by atoms with Gasteiger partial charge in [-0.2, -0.15) is 0 Å². The third-order valence-corrected chi connectivity index (χ3v) is 4.37. The summed E-state index contributed by atoms with van der Waals surface area (Å²) in [6.07, 6.45) is 1.08. The Kier molecular flexibility index (Phi) is 4.16. The van der Waals surface area contributed by atoms with E-state index in [9.17, 15) is 14.9 Å². The van der Waals surface area contributed by atoms with Gasteiger partial charge in [0.15, 0.2) is 0 Å². The van der Waals surface area contributed by atoms with Crippen LogP contribution in [0.1, 0.15) is 37.6 Å². The number of nitrogens with zero attached hydrogens (tertiary/aromatic N) is 2. The average Bonchev–Trinajstić information content (AvgIpc) is 2.42. The molecular formula is C15H21N3O3. The van der Waals surface area contributed by atoms with Crippen LogP contribution < -0.4 is 5.73 Å². The second-order valence-corrected chi connectivity index (χ2v) is 6.01. The van der Waals surface area contributed by atoms with Crippen molar-refractivity contribution in [2.45, 2.75) is 33.2 Å². The summed E-state index contributed by atoms with van der Waals surface area (Å²) >= 11 is 0. The highest BCUT2D eigenvalue weighted by Gasteiger charge is 2.33. The van der Waals surface area contributed by atoms with E-state index in [1.54, 1.807) is 11.0 Å². The Bertz CT molecular complexity index is 573. The summed E-state index contributed by atoms with van der Waals surface area (Å²) < 4.78 is 0. The number of piperidine rings is 1. The maximum Gasteiger partial charge on any atom is 0.292 e. The summed E-state index contributed by atoms with van der Waals surface area (Å²) in [5, 5.41) is 10.9. The van der Waals surface area contributed by atoms with Crippen LogP contribution in [0.15, 0.2) is 18.2 Å². The van der Waals surface area contributed by atoms with Crippen LogP contribution in [0, 0.1) is 22.0 Å². The molecule has 3 atom stereocenters. The molecule has 6 heteroatoms. The lowest BCUT2D eigenvalue weighted by Gasteiger charge is -2.41. The van der Waals surface area contributed by atoms with Crippen LogP contribution in [-0.2, 0) is 0 Å². The summed E-state index contributed by atoms with van der Waals surface area (Å²) in [6.45, 7) is 6.91. The highest BCUT2D eigenvalue weighted by atomic mass is 16.6. The number of benzene rings is 1. The first-order valence-electron chi connectivity index (χ1n) is 7.16. The Hall–Kier alpha value is -2.11. The monoisotopic (exact) mass is 291 g/mol. The Balaban J connectivity index is 2.36. The number of likely N-dealkylation sites (tertiary alicyclic amines) is 1. The molecule has 0 spiro atoms. The fourth-order valence-electron chi connectivity index (χ4n) is 3.04. The molecule has 21 heavy (non-hydrogen) atoms. The molecule has 0 aliphatic carbocycles. The van der Waals surface area contributed by atoms with Gasteiger partial charge in [-0.15, -0.1) is 0 Å². The standard InChI is InChI=1S/C15H21N3O3/c1-9-7-10(2)11(3)17(8-9)15(19)12-5-4-6-13(14(12)16)18(20)21/h4-6,9-11H,7-8,16H2,1-3H3. The minimum Gasteiger partial charge on any atom is -0.393 e. The third-order valence-electron chi connectivity index (χ3n) is 4.37. The number of para-hydroxylation sites is 1. The largest absolute Gasteiger partial charge is 0.393 e. The van der Waals surface area contributed by atoms with E-state index in [1.807, 2.05) is 6.92 Å². The fourth-order valence-corrected chi connectivity index (χ4v) is 3.04. The van der Waals surface area contributed by atoms with Crippen LogP contribution in [0.25, 0.3) is 0 Å². The number of carbonyl (C=O) groups is 1. The first kappa shape index (κ1) is 15.3. The molecule has 114 valence electrons. The van der Waals surface area contributed by atoms with Crippen molar-refractivity contribution in [2.24, 2.45) is 11.8 Å². The number of nitrogen functional groups attached to an aromatic ring is 1. The van der Waals surface area contributed by atoms with Crippen LogP contribution in [0.3, 0.4) is 0 Å². The Labute approximate surface area is 124 Å². The summed E-state index contributed by atoms with van der Waals surface area (Å²) in [5.74, 6) is 0.597. The van der Waals surface area contributed by atoms with Gasteiger partial charge in [-0.25, -0.2) is 0 Å². The van der Waals surface area contributed by atoms with Crippen molar-refractivity contribution in [1.29, 1.82) is 0 Å². The quantitative estimate of drug-likeness (QED) is 0.515. The number of hydrogen-bond acceptors (Lipinski definition) is 4. The molecule has 0 aromatic heterocycles. The Morgan fingerprint density at radius 3 is 2.67 bits per heavy atom. The van der Waals surface area contributed by atoms with Gasteiger partial charge in [-0.3, -0.25) is 14.9 Å².